The number of piperazine rings is 1. The van der Waals surface area contributed by atoms with Crippen molar-refractivity contribution in [2.75, 3.05) is 32.8 Å². The summed E-state index contributed by atoms with van der Waals surface area (Å²) in [7, 11) is 0. The molecular formula is C12H24N2O. The average Bonchev–Trinajstić information content (AvgIpc) is 2.74. The lowest BCUT2D eigenvalue weighted by Crippen LogP contribution is -2.53. The largest absolute Gasteiger partial charge is 0.377 e. The monoisotopic (exact) mass is 212 g/mol. The van der Waals surface area contributed by atoms with E-state index in [4.69, 9.17) is 4.74 Å². The van der Waals surface area contributed by atoms with Crippen molar-refractivity contribution >= 4 is 0 Å². The lowest BCUT2D eigenvalue weighted by atomic mass is 10.1. The van der Waals surface area contributed by atoms with Crippen LogP contribution in [0.4, 0.5) is 0 Å². The number of nitrogens with zero attached hydrogens (tertiary/aromatic N) is 1. The lowest BCUT2D eigenvalue weighted by Gasteiger charge is -2.37. The fourth-order valence-electron chi connectivity index (χ4n) is 2.71. The van der Waals surface area contributed by atoms with Gasteiger partial charge in [0.2, 0.25) is 0 Å². The second kappa shape index (κ2) is 5.83. The summed E-state index contributed by atoms with van der Waals surface area (Å²) < 4.78 is 5.72. The molecule has 0 aliphatic carbocycles. The molecule has 1 N–H and O–H groups in total. The highest BCUT2D eigenvalue weighted by Crippen LogP contribution is 2.17. The van der Waals surface area contributed by atoms with Gasteiger partial charge in [-0.15, -0.1) is 0 Å². The van der Waals surface area contributed by atoms with Crippen LogP contribution in [0.3, 0.4) is 0 Å². The van der Waals surface area contributed by atoms with Crippen LogP contribution in [0.15, 0.2) is 0 Å². The van der Waals surface area contributed by atoms with E-state index in [-0.39, 0.29) is 0 Å². The van der Waals surface area contributed by atoms with Crippen LogP contribution in [0.5, 0.6) is 0 Å². The molecule has 0 amide bonds. The predicted octanol–water partition coefficient (Wildman–Crippen LogP) is 1.24. The molecule has 2 saturated heterocycles. The summed E-state index contributed by atoms with van der Waals surface area (Å²) in [6.45, 7) is 7.93. The smallest absolute Gasteiger partial charge is 0.0702 e. The van der Waals surface area contributed by atoms with Crippen molar-refractivity contribution < 1.29 is 4.74 Å². The molecule has 0 bridgehead atoms. The Labute approximate surface area is 93.2 Å². The van der Waals surface area contributed by atoms with Crippen molar-refractivity contribution in [1.82, 2.24) is 10.2 Å². The molecule has 2 atom stereocenters. The number of nitrogens with one attached hydrogen (secondary N) is 1. The van der Waals surface area contributed by atoms with Gasteiger partial charge in [-0.2, -0.15) is 0 Å². The highest BCUT2D eigenvalue weighted by molar-refractivity contribution is 4.82. The molecule has 0 aromatic heterocycles. The van der Waals surface area contributed by atoms with Crippen LogP contribution in [0, 0.1) is 0 Å². The van der Waals surface area contributed by atoms with Gasteiger partial charge in [0.25, 0.3) is 0 Å². The predicted molar refractivity (Wildman–Crippen MR) is 62.1 cm³/mol. The van der Waals surface area contributed by atoms with Crippen LogP contribution in [0.2, 0.25) is 0 Å². The van der Waals surface area contributed by atoms with Crippen molar-refractivity contribution in [1.29, 1.82) is 0 Å². The molecular weight excluding hydrogens is 188 g/mol. The molecule has 0 saturated carbocycles. The molecule has 88 valence electrons. The van der Waals surface area contributed by atoms with E-state index in [1.807, 2.05) is 0 Å². The maximum absolute atomic E-state index is 5.72. The third-order valence-electron chi connectivity index (χ3n) is 3.56. The van der Waals surface area contributed by atoms with Gasteiger partial charge in [-0.05, 0) is 19.3 Å². The molecule has 2 heterocycles. The van der Waals surface area contributed by atoms with Crippen LogP contribution in [0.1, 0.15) is 32.6 Å². The Morgan fingerprint density at radius 3 is 3.13 bits per heavy atom. The number of hydrogen-bond acceptors (Lipinski definition) is 3. The van der Waals surface area contributed by atoms with Gasteiger partial charge in [-0.25, -0.2) is 0 Å². The molecule has 2 rings (SSSR count). The summed E-state index contributed by atoms with van der Waals surface area (Å²) >= 11 is 0. The van der Waals surface area contributed by atoms with E-state index >= 15 is 0 Å². The van der Waals surface area contributed by atoms with Crippen LogP contribution in [-0.2, 0) is 4.74 Å². The maximum Gasteiger partial charge on any atom is 0.0702 e. The fraction of sp³-hybridized carbons (Fsp3) is 1.00. The highest BCUT2D eigenvalue weighted by atomic mass is 16.5. The van der Waals surface area contributed by atoms with Crippen molar-refractivity contribution in [3.8, 4) is 0 Å². The normalized spacial score (nSPS) is 33.4. The zero-order valence-corrected chi connectivity index (χ0v) is 9.87. The second-order valence-electron chi connectivity index (χ2n) is 4.78. The molecule has 0 aromatic carbocycles. The zero-order chi connectivity index (χ0) is 10.5. The van der Waals surface area contributed by atoms with E-state index in [0.29, 0.717) is 6.10 Å². The van der Waals surface area contributed by atoms with Crippen LogP contribution in [0.25, 0.3) is 0 Å². The van der Waals surface area contributed by atoms with Gasteiger partial charge in [0, 0.05) is 38.8 Å². The van der Waals surface area contributed by atoms with Gasteiger partial charge < -0.3 is 10.1 Å². The van der Waals surface area contributed by atoms with Crippen LogP contribution >= 0.6 is 0 Å². The Morgan fingerprint density at radius 2 is 2.40 bits per heavy atom. The van der Waals surface area contributed by atoms with Gasteiger partial charge in [-0.1, -0.05) is 13.3 Å². The summed E-state index contributed by atoms with van der Waals surface area (Å²) in [5.41, 5.74) is 0. The maximum atomic E-state index is 5.72. The van der Waals surface area contributed by atoms with E-state index in [0.717, 1.165) is 25.7 Å². The number of rotatable bonds is 4. The van der Waals surface area contributed by atoms with Gasteiger partial charge >= 0.3 is 0 Å². The summed E-state index contributed by atoms with van der Waals surface area (Å²) in [5.74, 6) is 0. The Morgan fingerprint density at radius 1 is 1.47 bits per heavy atom. The van der Waals surface area contributed by atoms with E-state index in [9.17, 15) is 0 Å². The molecule has 2 aliphatic heterocycles. The fourth-order valence-corrected chi connectivity index (χ4v) is 2.71. The van der Waals surface area contributed by atoms with Crippen molar-refractivity contribution in [3.63, 3.8) is 0 Å². The van der Waals surface area contributed by atoms with E-state index in [1.165, 1.54) is 38.8 Å². The van der Waals surface area contributed by atoms with Gasteiger partial charge in [0.1, 0.15) is 0 Å². The molecule has 2 aliphatic rings. The molecule has 0 aromatic rings. The van der Waals surface area contributed by atoms with Gasteiger partial charge in [-0.3, -0.25) is 4.90 Å². The van der Waals surface area contributed by atoms with Crippen molar-refractivity contribution in [2.24, 2.45) is 0 Å². The Hall–Kier alpha value is -0.120. The second-order valence-corrected chi connectivity index (χ2v) is 4.78. The lowest BCUT2D eigenvalue weighted by molar-refractivity contribution is 0.0466. The Balaban J connectivity index is 1.80. The van der Waals surface area contributed by atoms with Crippen molar-refractivity contribution in [2.45, 2.75) is 44.8 Å². The van der Waals surface area contributed by atoms with E-state index in [1.54, 1.807) is 0 Å². The topological polar surface area (TPSA) is 24.5 Å². The Kier molecular flexibility index (Phi) is 4.42. The Bertz CT molecular complexity index is 178. The minimum absolute atomic E-state index is 0.516. The molecule has 0 radical (unpaired) electrons. The average molecular weight is 212 g/mol. The number of hydrogen-bond donors (Lipinski definition) is 1. The van der Waals surface area contributed by atoms with E-state index < -0.39 is 0 Å². The molecule has 0 spiro atoms. The minimum Gasteiger partial charge on any atom is -0.377 e. The summed E-state index contributed by atoms with van der Waals surface area (Å²) in [6.07, 6.45) is 5.65. The molecule has 2 fully saturated rings. The standard InChI is InChI=1S/C12H24N2O/c1-2-4-11-9-13-6-7-14(11)10-12-5-3-8-15-12/h11-13H,2-10H2,1H3. The summed E-state index contributed by atoms with van der Waals surface area (Å²) in [5, 5.41) is 3.49. The van der Waals surface area contributed by atoms with Gasteiger partial charge in [0.05, 0.1) is 6.10 Å². The summed E-state index contributed by atoms with van der Waals surface area (Å²) in [6, 6.07) is 0.743. The third-order valence-corrected chi connectivity index (χ3v) is 3.56. The van der Waals surface area contributed by atoms with Crippen LogP contribution in [-0.4, -0.2) is 49.8 Å². The summed E-state index contributed by atoms with van der Waals surface area (Å²) in [4.78, 5) is 2.63. The minimum atomic E-state index is 0.516. The molecule has 3 nitrogen and oxygen atoms in total. The first-order chi connectivity index (χ1) is 7.40. The van der Waals surface area contributed by atoms with Gasteiger partial charge in [0.15, 0.2) is 0 Å². The highest BCUT2D eigenvalue weighted by Gasteiger charge is 2.25. The first-order valence-electron chi connectivity index (χ1n) is 6.46. The number of ether oxygens (including phenoxy) is 1. The third kappa shape index (κ3) is 3.16. The molecule has 15 heavy (non-hydrogen) atoms. The first kappa shape index (κ1) is 11.4. The SMILES string of the molecule is CCCC1CNCCN1CC1CCCO1. The van der Waals surface area contributed by atoms with E-state index in [2.05, 4.69) is 17.1 Å². The molecule has 3 heteroatoms. The molecule has 2 unspecified atom stereocenters. The van der Waals surface area contributed by atoms with Crippen molar-refractivity contribution in [3.05, 3.63) is 0 Å². The quantitative estimate of drug-likeness (QED) is 0.759. The zero-order valence-electron chi connectivity index (χ0n) is 9.87. The van der Waals surface area contributed by atoms with Crippen LogP contribution < -0.4 is 5.32 Å². The first-order valence-corrected chi connectivity index (χ1v) is 6.46.